The molecule has 1 N–H and O–H groups in total. The third-order valence-corrected chi connectivity index (χ3v) is 5.50. The van der Waals surface area contributed by atoms with Crippen molar-refractivity contribution in [1.82, 2.24) is 4.72 Å². The Morgan fingerprint density at radius 1 is 1.04 bits per heavy atom. The number of alkyl halides is 3. The zero-order valence-electron chi connectivity index (χ0n) is 14.6. The second-order valence-corrected chi connectivity index (χ2v) is 7.72. The van der Waals surface area contributed by atoms with Crippen molar-refractivity contribution in [3.63, 3.8) is 0 Å². The number of rotatable bonds is 6. The molecule has 0 aliphatic carbocycles. The summed E-state index contributed by atoms with van der Waals surface area (Å²) in [6.07, 6.45) is -4.80. The molecule has 26 heavy (non-hydrogen) atoms. The maximum atomic E-state index is 13.3. The zero-order valence-corrected chi connectivity index (χ0v) is 15.4. The monoisotopic (exact) mass is 387 g/mol. The first-order valence-electron chi connectivity index (χ1n) is 7.85. The fourth-order valence-corrected chi connectivity index (χ4v) is 4.39. The van der Waals surface area contributed by atoms with Crippen LogP contribution in [0.15, 0.2) is 47.4 Å². The molecule has 0 radical (unpaired) electrons. The molecule has 1 atom stereocenters. The van der Waals surface area contributed by atoms with Gasteiger partial charge in [-0.25, -0.2) is 8.42 Å². The second kappa shape index (κ2) is 7.67. The molecule has 2 rings (SSSR count). The predicted octanol–water partition coefficient (Wildman–Crippen LogP) is 3.90. The van der Waals surface area contributed by atoms with Gasteiger partial charge in [0.15, 0.2) is 6.04 Å². The van der Waals surface area contributed by atoms with Gasteiger partial charge in [-0.2, -0.15) is 17.9 Å². The van der Waals surface area contributed by atoms with Crippen LogP contribution in [0, 0.1) is 20.8 Å². The average Bonchev–Trinajstić information content (AvgIpc) is 2.50. The fourth-order valence-electron chi connectivity index (χ4n) is 2.73. The van der Waals surface area contributed by atoms with E-state index >= 15 is 0 Å². The Morgan fingerprint density at radius 2 is 1.58 bits per heavy atom. The van der Waals surface area contributed by atoms with E-state index in [0.29, 0.717) is 11.1 Å². The summed E-state index contributed by atoms with van der Waals surface area (Å²) in [4.78, 5) is -0.142. The molecule has 142 valence electrons. The molecule has 0 aromatic heterocycles. The van der Waals surface area contributed by atoms with E-state index in [9.17, 15) is 21.6 Å². The van der Waals surface area contributed by atoms with Gasteiger partial charge >= 0.3 is 6.18 Å². The van der Waals surface area contributed by atoms with E-state index in [-0.39, 0.29) is 10.6 Å². The van der Waals surface area contributed by atoms with E-state index < -0.39 is 28.8 Å². The SMILES string of the molecule is Cc1cc(C)c(S(=O)(=O)NC(COc2ccccc2)C(F)(F)F)c(C)c1. The van der Waals surface area contributed by atoms with Crippen LogP contribution >= 0.6 is 0 Å². The standard InChI is InChI=1S/C18H20F3NO3S/c1-12-9-13(2)17(14(3)10-12)26(23,24)22-16(18(19,20)21)11-25-15-7-5-4-6-8-15/h4-10,16,22H,11H2,1-3H3. The third kappa shape index (κ3) is 4.98. The Balaban J connectivity index is 2.27. The predicted molar refractivity (Wildman–Crippen MR) is 92.8 cm³/mol. The van der Waals surface area contributed by atoms with Crippen LogP contribution in [0.3, 0.4) is 0 Å². The molecule has 2 aromatic rings. The normalized spacial score (nSPS) is 13.5. The molecule has 1 unspecified atom stereocenters. The van der Waals surface area contributed by atoms with Gasteiger partial charge in [0.1, 0.15) is 12.4 Å². The number of hydrogen-bond acceptors (Lipinski definition) is 3. The summed E-state index contributed by atoms with van der Waals surface area (Å²) in [5.41, 5.74) is 1.61. The lowest BCUT2D eigenvalue weighted by molar-refractivity contribution is -0.157. The Hall–Kier alpha value is -2.06. The molecule has 0 fully saturated rings. The van der Waals surface area contributed by atoms with Crippen LogP contribution < -0.4 is 9.46 Å². The highest BCUT2D eigenvalue weighted by molar-refractivity contribution is 7.89. The summed E-state index contributed by atoms with van der Waals surface area (Å²) >= 11 is 0. The van der Waals surface area contributed by atoms with Crippen LogP contribution in [-0.2, 0) is 10.0 Å². The van der Waals surface area contributed by atoms with Crippen LogP contribution in [-0.4, -0.2) is 27.2 Å². The van der Waals surface area contributed by atoms with Gasteiger partial charge in [-0.1, -0.05) is 35.9 Å². The van der Waals surface area contributed by atoms with Crippen LogP contribution in [0.25, 0.3) is 0 Å². The molecule has 0 bridgehead atoms. The molecule has 0 amide bonds. The zero-order chi connectivity index (χ0) is 19.5. The minimum absolute atomic E-state index is 0.142. The lowest BCUT2D eigenvalue weighted by Gasteiger charge is -2.23. The summed E-state index contributed by atoms with van der Waals surface area (Å²) in [5, 5.41) is 0. The van der Waals surface area contributed by atoms with Gasteiger partial charge in [0.05, 0.1) is 4.90 Å². The largest absolute Gasteiger partial charge is 0.492 e. The van der Waals surface area contributed by atoms with Crippen molar-refractivity contribution < 1.29 is 26.3 Å². The minimum Gasteiger partial charge on any atom is -0.492 e. The lowest BCUT2D eigenvalue weighted by atomic mass is 10.1. The van der Waals surface area contributed by atoms with E-state index in [0.717, 1.165) is 5.56 Å². The number of sulfonamides is 1. The van der Waals surface area contributed by atoms with Crippen molar-refractivity contribution >= 4 is 10.0 Å². The molecule has 0 spiro atoms. The van der Waals surface area contributed by atoms with Gasteiger partial charge in [-0.15, -0.1) is 0 Å². The van der Waals surface area contributed by atoms with Gasteiger partial charge < -0.3 is 4.74 Å². The Bertz CT molecular complexity index is 842. The van der Waals surface area contributed by atoms with E-state index in [4.69, 9.17) is 4.74 Å². The molecule has 8 heteroatoms. The number of nitrogens with one attached hydrogen (secondary N) is 1. The number of hydrogen-bond donors (Lipinski definition) is 1. The van der Waals surface area contributed by atoms with Crippen LogP contribution in [0.5, 0.6) is 5.75 Å². The number of ether oxygens (including phenoxy) is 1. The van der Waals surface area contributed by atoms with Gasteiger partial charge in [0, 0.05) is 0 Å². The summed E-state index contributed by atoms with van der Waals surface area (Å²) < 4.78 is 72.0. The highest BCUT2D eigenvalue weighted by Gasteiger charge is 2.43. The quantitative estimate of drug-likeness (QED) is 0.818. The lowest BCUT2D eigenvalue weighted by Crippen LogP contribution is -2.49. The molecule has 0 heterocycles. The first-order chi connectivity index (χ1) is 12.0. The molecule has 0 aliphatic rings. The van der Waals surface area contributed by atoms with Crippen LogP contribution in [0.4, 0.5) is 13.2 Å². The molecule has 4 nitrogen and oxygen atoms in total. The highest BCUT2D eigenvalue weighted by Crippen LogP contribution is 2.26. The van der Waals surface area contributed by atoms with Gasteiger partial charge in [-0.3, -0.25) is 0 Å². The highest BCUT2D eigenvalue weighted by atomic mass is 32.2. The van der Waals surface area contributed by atoms with Gasteiger partial charge in [-0.05, 0) is 44.0 Å². The van der Waals surface area contributed by atoms with E-state index in [1.54, 1.807) is 55.8 Å². The molecule has 0 aliphatic heterocycles. The second-order valence-electron chi connectivity index (χ2n) is 6.07. The van der Waals surface area contributed by atoms with Gasteiger partial charge in [0.25, 0.3) is 0 Å². The first-order valence-corrected chi connectivity index (χ1v) is 9.34. The van der Waals surface area contributed by atoms with Crippen molar-refractivity contribution in [2.75, 3.05) is 6.61 Å². The molecule has 0 saturated carbocycles. The molecule has 0 saturated heterocycles. The number of benzene rings is 2. The maximum absolute atomic E-state index is 13.3. The van der Waals surface area contributed by atoms with Crippen molar-refractivity contribution in [2.24, 2.45) is 0 Å². The smallest absolute Gasteiger partial charge is 0.408 e. The number of halogens is 3. The molecule has 2 aromatic carbocycles. The van der Waals surface area contributed by atoms with Crippen molar-refractivity contribution in [1.29, 1.82) is 0 Å². The van der Waals surface area contributed by atoms with Gasteiger partial charge in [0.2, 0.25) is 10.0 Å². The Morgan fingerprint density at radius 3 is 2.08 bits per heavy atom. The van der Waals surface area contributed by atoms with Crippen molar-refractivity contribution in [3.8, 4) is 5.75 Å². The summed E-state index contributed by atoms with van der Waals surface area (Å²) in [6.45, 7) is 4.03. The van der Waals surface area contributed by atoms with E-state index in [2.05, 4.69) is 0 Å². The van der Waals surface area contributed by atoms with Crippen LogP contribution in [0.2, 0.25) is 0 Å². The average molecular weight is 387 g/mol. The summed E-state index contributed by atoms with van der Waals surface area (Å²) in [6, 6.07) is 8.77. The first kappa shape index (κ1) is 20.3. The van der Waals surface area contributed by atoms with Crippen LogP contribution in [0.1, 0.15) is 16.7 Å². The Labute approximate surface area is 151 Å². The number of aryl methyl sites for hydroxylation is 3. The minimum atomic E-state index is -4.80. The van der Waals surface area contributed by atoms with E-state index in [1.165, 1.54) is 12.1 Å². The van der Waals surface area contributed by atoms with Crippen molar-refractivity contribution in [2.45, 2.75) is 37.9 Å². The third-order valence-electron chi connectivity index (χ3n) is 3.73. The number of para-hydroxylation sites is 1. The molecular formula is C18H20F3NO3S. The molecular weight excluding hydrogens is 367 g/mol. The maximum Gasteiger partial charge on any atom is 0.408 e. The Kier molecular flexibility index (Phi) is 5.98. The summed E-state index contributed by atoms with van der Waals surface area (Å²) in [5.74, 6) is 0.226. The van der Waals surface area contributed by atoms with Crippen molar-refractivity contribution in [3.05, 3.63) is 59.2 Å². The fraction of sp³-hybridized carbons (Fsp3) is 0.333. The topological polar surface area (TPSA) is 55.4 Å². The van der Waals surface area contributed by atoms with E-state index in [1.807, 2.05) is 0 Å². The summed E-state index contributed by atoms with van der Waals surface area (Å²) in [7, 11) is -4.38.